The molecule has 1 fully saturated rings. The fraction of sp³-hybridized carbons (Fsp3) is 0.300. The van der Waals surface area contributed by atoms with Gasteiger partial charge in [-0.3, -0.25) is 4.90 Å². The molecule has 3 nitrogen and oxygen atoms in total. The van der Waals surface area contributed by atoms with Crippen LogP contribution in [0.3, 0.4) is 0 Å². The summed E-state index contributed by atoms with van der Waals surface area (Å²) in [5.74, 6) is 0.925. The van der Waals surface area contributed by atoms with E-state index in [-0.39, 0.29) is 0 Å². The van der Waals surface area contributed by atoms with Crippen molar-refractivity contribution < 1.29 is 4.74 Å². The Morgan fingerprint density at radius 3 is 2.67 bits per heavy atom. The lowest BCUT2D eigenvalue weighted by atomic mass is 10.0. The summed E-state index contributed by atoms with van der Waals surface area (Å²) in [6.07, 6.45) is 0. The Labute approximate surface area is 146 Å². The Balaban J connectivity index is 1.79. The van der Waals surface area contributed by atoms with E-state index < -0.39 is 0 Å². The van der Waals surface area contributed by atoms with Crippen LogP contribution in [0.5, 0.6) is 5.75 Å². The van der Waals surface area contributed by atoms with E-state index in [1.165, 1.54) is 20.5 Å². The van der Waals surface area contributed by atoms with Gasteiger partial charge in [0, 0.05) is 35.8 Å². The number of rotatable bonds is 4. The number of piperazine rings is 1. The van der Waals surface area contributed by atoms with E-state index in [1.807, 2.05) is 17.4 Å². The molecule has 0 spiro atoms. The lowest BCUT2D eigenvalue weighted by Crippen LogP contribution is -2.45. The average molecular weight is 338 g/mol. The second-order valence-corrected chi connectivity index (χ2v) is 7.27. The number of benzene rings is 2. The predicted molar refractivity (Wildman–Crippen MR) is 101 cm³/mol. The lowest BCUT2D eigenvalue weighted by Gasteiger charge is -2.34. The molecule has 0 radical (unpaired) electrons. The average Bonchev–Trinajstić information content (AvgIpc) is 3.06. The molecule has 1 unspecified atom stereocenters. The summed E-state index contributed by atoms with van der Waals surface area (Å²) in [5, 5.41) is 4.79. The lowest BCUT2D eigenvalue weighted by molar-refractivity contribution is 0.200. The van der Waals surface area contributed by atoms with Crippen LogP contribution in [0.1, 0.15) is 16.5 Å². The molecule has 2 heterocycles. The summed E-state index contributed by atoms with van der Waals surface area (Å²) in [7, 11) is 1.73. The summed E-state index contributed by atoms with van der Waals surface area (Å²) in [6.45, 7) is 4.23. The van der Waals surface area contributed by atoms with Crippen molar-refractivity contribution in [2.45, 2.75) is 6.04 Å². The highest BCUT2D eigenvalue weighted by Crippen LogP contribution is 2.37. The third-order valence-electron chi connectivity index (χ3n) is 4.64. The van der Waals surface area contributed by atoms with Crippen LogP contribution in [-0.2, 0) is 0 Å². The van der Waals surface area contributed by atoms with E-state index in [9.17, 15) is 0 Å². The van der Waals surface area contributed by atoms with Gasteiger partial charge in [0.2, 0.25) is 0 Å². The molecule has 2 aromatic carbocycles. The Kier molecular flexibility index (Phi) is 4.52. The van der Waals surface area contributed by atoms with Gasteiger partial charge in [-0.2, -0.15) is 0 Å². The van der Waals surface area contributed by atoms with Crippen LogP contribution in [-0.4, -0.2) is 38.2 Å². The van der Waals surface area contributed by atoms with Gasteiger partial charge in [-0.05, 0) is 35.2 Å². The van der Waals surface area contributed by atoms with Crippen molar-refractivity contribution >= 4 is 21.4 Å². The summed E-state index contributed by atoms with van der Waals surface area (Å²) in [6, 6.07) is 19.8. The van der Waals surface area contributed by atoms with Crippen molar-refractivity contribution in [2.75, 3.05) is 33.3 Å². The fourth-order valence-electron chi connectivity index (χ4n) is 3.44. The van der Waals surface area contributed by atoms with Crippen LogP contribution >= 0.6 is 11.3 Å². The maximum Gasteiger partial charge on any atom is 0.119 e. The molecule has 0 bridgehead atoms. The zero-order chi connectivity index (χ0) is 16.4. The predicted octanol–water partition coefficient (Wildman–Crippen LogP) is 3.90. The van der Waals surface area contributed by atoms with Crippen molar-refractivity contribution in [3.8, 4) is 5.75 Å². The standard InChI is InChI=1S/C20H22N2OS/c1-23-17-7-4-6-16(13-17)20(22-11-9-21-10-12-22)19-14-15-5-2-3-8-18(15)24-19/h2-8,13-14,20-21H,9-12H2,1H3. The van der Waals surface area contributed by atoms with E-state index in [0.717, 1.165) is 31.9 Å². The molecule has 1 aliphatic heterocycles. The van der Waals surface area contributed by atoms with E-state index >= 15 is 0 Å². The summed E-state index contributed by atoms with van der Waals surface area (Å²) < 4.78 is 6.82. The number of nitrogens with one attached hydrogen (secondary N) is 1. The number of hydrogen-bond acceptors (Lipinski definition) is 4. The molecule has 1 atom stereocenters. The Hall–Kier alpha value is -1.88. The Morgan fingerprint density at radius 1 is 1.04 bits per heavy atom. The van der Waals surface area contributed by atoms with Gasteiger partial charge in [-0.1, -0.05) is 30.3 Å². The largest absolute Gasteiger partial charge is 0.497 e. The number of hydrogen-bond donors (Lipinski definition) is 1. The van der Waals surface area contributed by atoms with Crippen LogP contribution in [0, 0.1) is 0 Å². The number of thiophene rings is 1. The topological polar surface area (TPSA) is 24.5 Å². The molecule has 4 rings (SSSR count). The molecule has 1 N–H and O–H groups in total. The van der Waals surface area contributed by atoms with Crippen molar-refractivity contribution in [1.29, 1.82) is 0 Å². The van der Waals surface area contributed by atoms with Crippen LogP contribution in [0.25, 0.3) is 10.1 Å². The van der Waals surface area contributed by atoms with Crippen LogP contribution in [0.2, 0.25) is 0 Å². The first-order valence-corrected chi connectivity index (χ1v) is 9.24. The summed E-state index contributed by atoms with van der Waals surface area (Å²) in [5.41, 5.74) is 1.31. The van der Waals surface area contributed by atoms with Gasteiger partial charge in [0.05, 0.1) is 13.2 Å². The monoisotopic (exact) mass is 338 g/mol. The number of fused-ring (bicyclic) bond motifs is 1. The molecule has 124 valence electrons. The molecular weight excluding hydrogens is 316 g/mol. The third-order valence-corrected chi connectivity index (χ3v) is 5.81. The molecule has 4 heteroatoms. The van der Waals surface area contributed by atoms with Crippen molar-refractivity contribution in [2.24, 2.45) is 0 Å². The first kappa shape index (κ1) is 15.6. The first-order chi connectivity index (χ1) is 11.8. The minimum Gasteiger partial charge on any atom is -0.497 e. The number of nitrogens with zero attached hydrogens (tertiary/aromatic N) is 1. The van der Waals surface area contributed by atoms with Crippen molar-refractivity contribution in [3.63, 3.8) is 0 Å². The molecule has 1 aromatic heterocycles. The van der Waals surface area contributed by atoms with Gasteiger partial charge in [0.25, 0.3) is 0 Å². The Morgan fingerprint density at radius 2 is 1.88 bits per heavy atom. The highest BCUT2D eigenvalue weighted by atomic mass is 32.1. The maximum absolute atomic E-state index is 5.46. The molecule has 24 heavy (non-hydrogen) atoms. The second-order valence-electron chi connectivity index (χ2n) is 6.15. The van der Waals surface area contributed by atoms with E-state index in [2.05, 4.69) is 58.7 Å². The van der Waals surface area contributed by atoms with Gasteiger partial charge in [0.1, 0.15) is 5.75 Å². The molecule has 1 saturated heterocycles. The van der Waals surface area contributed by atoms with Crippen molar-refractivity contribution in [3.05, 3.63) is 65.0 Å². The minimum absolute atomic E-state index is 0.291. The normalized spacial score (nSPS) is 17.0. The Bertz CT molecular complexity index is 790. The van der Waals surface area contributed by atoms with Crippen LogP contribution in [0.15, 0.2) is 54.6 Å². The minimum atomic E-state index is 0.291. The first-order valence-electron chi connectivity index (χ1n) is 8.42. The molecular formula is C20H22N2OS. The molecule has 1 aliphatic rings. The fourth-order valence-corrected chi connectivity index (χ4v) is 4.67. The van der Waals surface area contributed by atoms with Gasteiger partial charge in [-0.25, -0.2) is 0 Å². The molecule has 0 saturated carbocycles. The highest BCUT2D eigenvalue weighted by molar-refractivity contribution is 7.19. The van der Waals surface area contributed by atoms with Gasteiger partial charge < -0.3 is 10.1 Å². The number of ether oxygens (including phenoxy) is 1. The van der Waals surface area contributed by atoms with Gasteiger partial charge in [0.15, 0.2) is 0 Å². The van der Waals surface area contributed by atoms with E-state index in [1.54, 1.807) is 7.11 Å². The zero-order valence-electron chi connectivity index (χ0n) is 13.9. The van der Waals surface area contributed by atoms with E-state index in [0.29, 0.717) is 6.04 Å². The van der Waals surface area contributed by atoms with Gasteiger partial charge in [-0.15, -0.1) is 11.3 Å². The van der Waals surface area contributed by atoms with Crippen LogP contribution in [0.4, 0.5) is 0 Å². The number of methoxy groups -OCH3 is 1. The van der Waals surface area contributed by atoms with E-state index in [4.69, 9.17) is 4.74 Å². The molecule has 3 aromatic rings. The summed E-state index contributed by atoms with van der Waals surface area (Å²) >= 11 is 1.90. The zero-order valence-corrected chi connectivity index (χ0v) is 14.7. The summed E-state index contributed by atoms with van der Waals surface area (Å²) in [4.78, 5) is 3.99. The van der Waals surface area contributed by atoms with Crippen LogP contribution < -0.4 is 10.1 Å². The highest BCUT2D eigenvalue weighted by Gasteiger charge is 2.25. The second kappa shape index (κ2) is 6.93. The van der Waals surface area contributed by atoms with Gasteiger partial charge >= 0.3 is 0 Å². The SMILES string of the molecule is COc1cccc(C(c2cc3ccccc3s2)N2CCNCC2)c1. The molecule has 0 amide bonds. The third kappa shape index (κ3) is 3.05. The molecule has 0 aliphatic carbocycles. The maximum atomic E-state index is 5.46. The van der Waals surface area contributed by atoms with Crippen molar-refractivity contribution in [1.82, 2.24) is 10.2 Å². The smallest absolute Gasteiger partial charge is 0.119 e. The quantitative estimate of drug-likeness (QED) is 0.781.